The van der Waals surface area contributed by atoms with Crippen molar-refractivity contribution in [2.75, 3.05) is 26.2 Å². The first-order chi connectivity index (χ1) is 9.63. The van der Waals surface area contributed by atoms with Crippen LogP contribution in [-0.4, -0.2) is 38.1 Å². The molecule has 4 N–H and O–H groups in total. The molecule has 0 saturated carbocycles. The Hall–Kier alpha value is -1.79. The van der Waals surface area contributed by atoms with Crippen molar-refractivity contribution in [3.8, 4) is 5.75 Å². The van der Waals surface area contributed by atoms with Crippen molar-refractivity contribution in [2.24, 2.45) is 5.73 Å². The van der Waals surface area contributed by atoms with E-state index in [2.05, 4.69) is 10.6 Å². The predicted octanol–water partition coefficient (Wildman–Crippen LogP) is 0.702. The summed E-state index contributed by atoms with van der Waals surface area (Å²) in [5, 5.41) is 5.90. The lowest BCUT2D eigenvalue weighted by Crippen LogP contribution is -2.32. The van der Waals surface area contributed by atoms with Crippen LogP contribution in [0.5, 0.6) is 5.75 Å². The first-order valence-corrected chi connectivity index (χ1v) is 6.63. The second kappa shape index (κ2) is 10.9. The number of carbonyl (C=O) groups excluding carboxylic acids is 2. The van der Waals surface area contributed by atoms with Gasteiger partial charge in [-0.05, 0) is 30.8 Å². The van der Waals surface area contributed by atoms with Crippen molar-refractivity contribution >= 4 is 24.2 Å². The average Bonchev–Trinajstić information content (AvgIpc) is 2.44. The molecule has 1 rings (SSSR count). The maximum absolute atomic E-state index is 11.5. The molecule has 1 aromatic rings. The van der Waals surface area contributed by atoms with Crippen LogP contribution < -0.4 is 21.1 Å². The van der Waals surface area contributed by atoms with Crippen LogP contribution in [0, 0.1) is 0 Å². The molecule has 0 aliphatic rings. The number of likely N-dealkylation sites (N-methyl/N-ethyl adjacent to an activating group) is 1. The van der Waals surface area contributed by atoms with Gasteiger partial charge in [0.15, 0.2) is 0 Å². The first-order valence-electron chi connectivity index (χ1n) is 6.63. The van der Waals surface area contributed by atoms with Crippen LogP contribution in [0.1, 0.15) is 23.7 Å². The normalized spacial score (nSPS) is 9.57. The Bertz CT molecular complexity index is 438. The van der Waals surface area contributed by atoms with E-state index in [9.17, 15) is 9.59 Å². The average molecular weight is 316 g/mol. The SMILES string of the molecule is CCNCCNC(=O)CCOc1ccc(C(N)=O)cc1.Cl. The summed E-state index contributed by atoms with van der Waals surface area (Å²) in [6, 6.07) is 6.49. The maximum Gasteiger partial charge on any atom is 0.248 e. The maximum atomic E-state index is 11.5. The van der Waals surface area contributed by atoms with Crippen LogP contribution >= 0.6 is 12.4 Å². The van der Waals surface area contributed by atoms with Gasteiger partial charge in [-0.3, -0.25) is 9.59 Å². The standard InChI is InChI=1S/C14H21N3O3.ClH/c1-2-16-8-9-17-13(18)7-10-20-12-5-3-11(4-6-12)14(15)19;/h3-6,16H,2,7-10H2,1H3,(H2,15,19)(H,17,18);1H. The fraction of sp³-hybridized carbons (Fsp3) is 0.429. The van der Waals surface area contributed by atoms with Gasteiger partial charge in [-0.15, -0.1) is 12.4 Å². The number of primary amides is 1. The van der Waals surface area contributed by atoms with E-state index in [1.54, 1.807) is 24.3 Å². The van der Waals surface area contributed by atoms with E-state index in [-0.39, 0.29) is 18.3 Å². The van der Waals surface area contributed by atoms with E-state index < -0.39 is 5.91 Å². The number of nitrogens with two attached hydrogens (primary N) is 1. The van der Waals surface area contributed by atoms with E-state index in [0.29, 0.717) is 30.9 Å². The molecule has 1 aromatic carbocycles. The molecule has 21 heavy (non-hydrogen) atoms. The lowest BCUT2D eigenvalue weighted by atomic mass is 10.2. The summed E-state index contributed by atoms with van der Waals surface area (Å²) in [6.07, 6.45) is 0.295. The van der Waals surface area contributed by atoms with Gasteiger partial charge in [0.25, 0.3) is 0 Å². The van der Waals surface area contributed by atoms with E-state index in [1.807, 2.05) is 6.92 Å². The quantitative estimate of drug-likeness (QED) is 0.585. The fourth-order valence-electron chi connectivity index (χ4n) is 1.53. The molecule has 0 heterocycles. The highest BCUT2D eigenvalue weighted by molar-refractivity contribution is 5.92. The van der Waals surface area contributed by atoms with E-state index in [0.717, 1.165) is 13.1 Å². The van der Waals surface area contributed by atoms with Gasteiger partial charge < -0.3 is 21.1 Å². The summed E-state index contributed by atoms with van der Waals surface area (Å²) < 4.78 is 5.41. The molecule has 0 aliphatic heterocycles. The van der Waals surface area contributed by atoms with Gasteiger partial charge in [-0.2, -0.15) is 0 Å². The Morgan fingerprint density at radius 2 is 1.86 bits per heavy atom. The van der Waals surface area contributed by atoms with Crippen molar-refractivity contribution in [2.45, 2.75) is 13.3 Å². The van der Waals surface area contributed by atoms with Crippen LogP contribution in [0.3, 0.4) is 0 Å². The van der Waals surface area contributed by atoms with Gasteiger partial charge in [0, 0.05) is 18.7 Å². The number of rotatable bonds is 9. The minimum Gasteiger partial charge on any atom is -0.493 e. The monoisotopic (exact) mass is 315 g/mol. The number of benzene rings is 1. The van der Waals surface area contributed by atoms with Crippen LogP contribution in [-0.2, 0) is 4.79 Å². The lowest BCUT2D eigenvalue weighted by Gasteiger charge is -2.07. The molecule has 0 atom stereocenters. The predicted molar refractivity (Wildman–Crippen MR) is 83.9 cm³/mol. The lowest BCUT2D eigenvalue weighted by molar-refractivity contribution is -0.121. The highest BCUT2D eigenvalue weighted by Gasteiger charge is 2.03. The van der Waals surface area contributed by atoms with Crippen LogP contribution in [0.4, 0.5) is 0 Å². The van der Waals surface area contributed by atoms with Crippen molar-refractivity contribution in [1.82, 2.24) is 10.6 Å². The summed E-state index contributed by atoms with van der Waals surface area (Å²) in [6.45, 7) is 4.57. The van der Waals surface area contributed by atoms with Gasteiger partial charge in [-0.25, -0.2) is 0 Å². The smallest absolute Gasteiger partial charge is 0.248 e. The van der Waals surface area contributed by atoms with Crippen molar-refractivity contribution in [3.63, 3.8) is 0 Å². The van der Waals surface area contributed by atoms with Crippen LogP contribution in [0.15, 0.2) is 24.3 Å². The summed E-state index contributed by atoms with van der Waals surface area (Å²) in [5.41, 5.74) is 5.56. The summed E-state index contributed by atoms with van der Waals surface area (Å²) >= 11 is 0. The Morgan fingerprint density at radius 3 is 2.43 bits per heavy atom. The molecule has 0 spiro atoms. The molecule has 0 fully saturated rings. The molecule has 6 nitrogen and oxygen atoms in total. The van der Waals surface area contributed by atoms with Crippen molar-refractivity contribution in [1.29, 1.82) is 0 Å². The first kappa shape index (κ1) is 19.2. The zero-order valence-electron chi connectivity index (χ0n) is 12.1. The molecule has 0 saturated heterocycles. The Labute approximate surface area is 130 Å². The second-order valence-electron chi connectivity index (χ2n) is 4.19. The summed E-state index contributed by atoms with van der Waals surface area (Å²) in [7, 11) is 0. The summed E-state index contributed by atoms with van der Waals surface area (Å²) in [5.74, 6) is 0.0868. The summed E-state index contributed by atoms with van der Waals surface area (Å²) in [4.78, 5) is 22.3. The number of ether oxygens (including phenoxy) is 1. The molecular formula is C14H22ClN3O3. The van der Waals surface area contributed by atoms with Crippen LogP contribution in [0.2, 0.25) is 0 Å². The van der Waals surface area contributed by atoms with Gasteiger partial charge in [0.1, 0.15) is 5.75 Å². The van der Waals surface area contributed by atoms with Crippen molar-refractivity contribution < 1.29 is 14.3 Å². The minimum atomic E-state index is -0.475. The van der Waals surface area contributed by atoms with Gasteiger partial charge in [0.05, 0.1) is 13.0 Å². The molecule has 0 aromatic heterocycles. The van der Waals surface area contributed by atoms with Gasteiger partial charge in [0.2, 0.25) is 11.8 Å². The topological polar surface area (TPSA) is 93.4 Å². The van der Waals surface area contributed by atoms with Gasteiger partial charge in [-0.1, -0.05) is 6.92 Å². The highest BCUT2D eigenvalue weighted by Crippen LogP contribution is 2.11. The number of nitrogens with one attached hydrogen (secondary N) is 2. The largest absolute Gasteiger partial charge is 0.493 e. The molecule has 2 amide bonds. The molecule has 0 aliphatic carbocycles. The fourth-order valence-corrected chi connectivity index (χ4v) is 1.53. The molecule has 0 radical (unpaired) electrons. The van der Waals surface area contributed by atoms with Crippen LogP contribution in [0.25, 0.3) is 0 Å². The number of amides is 2. The van der Waals surface area contributed by atoms with Gasteiger partial charge >= 0.3 is 0 Å². The van der Waals surface area contributed by atoms with E-state index in [4.69, 9.17) is 10.5 Å². The van der Waals surface area contributed by atoms with E-state index >= 15 is 0 Å². The molecule has 7 heteroatoms. The third-order valence-electron chi connectivity index (χ3n) is 2.61. The molecular weight excluding hydrogens is 294 g/mol. The Kier molecular flexibility index (Phi) is 10.0. The second-order valence-corrected chi connectivity index (χ2v) is 4.19. The molecule has 0 unspecified atom stereocenters. The number of hydrogen-bond acceptors (Lipinski definition) is 4. The molecule has 118 valence electrons. The minimum absolute atomic E-state index is 0. The third-order valence-corrected chi connectivity index (χ3v) is 2.61. The van der Waals surface area contributed by atoms with Crippen molar-refractivity contribution in [3.05, 3.63) is 29.8 Å². The zero-order valence-corrected chi connectivity index (χ0v) is 12.9. The Balaban J connectivity index is 0.00000400. The molecule has 0 bridgehead atoms. The number of hydrogen-bond donors (Lipinski definition) is 3. The number of carbonyl (C=O) groups is 2. The zero-order chi connectivity index (χ0) is 14.8. The highest BCUT2D eigenvalue weighted by atomic mass is 35.5. The van der Waals surface area contributed by atoms with E-state index in [1.165, 1.54) is 0 Å². The third kappa shape index (κ3) is 8.16. The Morgan fingerprint density at radius 1 is 1.19 bits per heavy atom. The number of halogens is 1.